The normalized spacial score (nSPS) is 12.0. The lowest BCUT2D eigenvalue weighted by Crippen LogP contribution is -1.89. The maximum absolute atomic E-state index is 2.29. The van der Waals surface area contributed by atoms with Crippen LogP contribution in [0.2, 0.25) is 0 Å². The van der Waals surface area contributed by atoms with Crippen molar-refractivity contribution in [3.8, 4) is 22.3 Å². The molecule has 0 aromatic heterocycles. The topological polar surface area (TPSA) is 0 Å². The van der Waals surface area contributed by atoms with Crippen LogP contribution < -0.4 is 0 Å². The van der Waals surface area contributed by atoms with Gasteiger partial charge < -0.3 is 0 Å². The predicted molar refractivity (Wildman–Crippen MR) is 285 cm³/mol. The van der Waals surface area contributed by atoms with Crippen molar-refractivity contribution >= 4 is 58.4 Å². The van der Waals surface area contributed by atoms with Gasteiger partial charge in [-0.15, -0.1) is 0 Å². The first-order valence-corrected chi connectivity index (χ1v) is 22.6. The van der Waals surface area contributed by atoms with Crippen LogP contribution in [0.25, 0.3) is 80.6 Å². The van der Waals surface area contributed by atoms with Crippen LogP contribution in [0.4, 0.5) is 0 Å². The molecule has 0 spiro atoms. The maximum atomic E-state index is 2.29. The number of hydrogen-bond donors (Lipinski definition) is 0. The number of rotatable bonds is 12. The molecule has 0 bridgehead atoms. The largest absolute Gasteiger partial charge is 0.0622 e. The summed E-state index contributed by atoms with van der Waals surface area (Å²) >= 11 is 0. The van der Waals surface area contributed by atoms with E-state index in [0.717, 1.165) is 22.3 Å². The Morgan fingerprint density at radius 2 is 0.515 bits per heavy atom. The molecule has 0 unspecified atom stereocenters. The second-order valence-corrected chi connectivity index (χ2v) is 16.6. The van der Waals surface area contributed by atoms with Gasteiger partial charge in [-0.25, -0.2) is 0 Å². The van der Waals surface area contributed by atoms with E-state index in [-0.39, 0.29) is 0 Å². The van der Waals surface area contributed by atoms with Crippen molar-refractivity contribution in [2.45, 2.75) is 0 Å². The SMILES string of the molecule is C(=C/c1cc2ccccc2cc1/C=C\c1ccc(/C=C(/c2ccccc2)c2ccc(-c3ccccc3)cc2)cc1)/c1ccc(/C=C(/c2ccccc2)c2ccc(-c3ccccc3)cc2)cc1. The molecule has 0 amide bonds. The van der Waals surface area contributed by atoms with Crippen LogP contribution in [-0.4, -0.2) is 0 Å². The smallest absolute Gasteiger partial charge is 0.0105 e. The summed E-state index contributed by atoms with van der Waals surface area (Å²) in [6.07, 6.45) is 13.5. The van der Waals surface area contributed by atoms with Gasteiger partial charge in [0.05, 0.1) is 0 Å². The molecule has 0 aliphatic heterocycles. The molecule has 0 aliphatic rings. The average molecular weight is 841 g/mol. The molecular weight excluding hydrogens is 793 g/mol. The standard InChI is InChI=1S/C66H48/c1-5-15-53(16-6-1)55-37-41-59(42-38-55)65(57-19-9-3-10-20-57)45-51-29-25-49(26-30-51)33-35-63-47-61-23-13-14-24-62(61)48-64(63)36-34-50-27-31-52(32-28-50)46-66(58-21-11-4-12-22-58)60-43-39-56(40-44-60)54-17-7-2-8-18-54/h1-48H/b35-33-,36-34-,65-45-,66-46-. The second kappa shape index (κ2) is 19.9. The van der Waals surface area contributed by atoms with E-state index in [9.17, 15) is 0 Å². The van der Waals surface area contributed by atoms with Crippen LogP contribution in [0, 0.1) is 0 Å². The first-order chi connectivity index (χ1) is 32.7. The highest BCUT2D eigenvalue weighted by molar-refractivity contribution is 5.94. The van der Waals surface area contributed by atoms with E-state index in [1.807, 2.05) is 0 Å². The summed E-state index contributed by atoms with van der Waals surface area (Å²) in [7, 11) is 0. The fraction of sp³-hybridized carbons (Fsp3) is 0. The highest BCUT2D eigenvalue weighted by Gasteiger charge is 2.09. The Kier molecular flexibility index (Phi) is 12.5. The lowest BCUT2D eigenvalue weighted by Gasteiger charge is -2.11. The zero-order valence-electron chi connectivity index (χ0n) is 36.7. The van der Waals surface area contributed by atoms with Gasteiger partial charge in [0.1, 0.15) is 0 Å². The third-order valence-electron chi connectivity index (χ3n) is 12.1. The molecule has 0 fully saturated rings. The highest BCUT2D eigenvalue weighted by atomic mass is 14.1. The molecule has 10 aromatic rings. The summed E-state index contributed by atoms with van der Waals surface area (Å²) in [6.45, 7) is 0. The molecule has 0 nitrogen and oxygen atoms in total. The van der Waals surface area contributed by atoms with Crippen LogP contribution in [0.3, 0.4) is 0 Å². The zero-order valence-corrected chi connectivity index (χ0v) is 36.7. The van der Waals surface area contributed by atoms with E-state index < -0.39 is 0 Å². The Hall–Kier alpha value is -8.58. The van der Waals surface area contributed by atoms with Crippen LogP contribution in [-0.2, 0) is 0 Å². The van der Waals surface area contributed by atoms with Crippen LogP contribution in [0.15, 0.2) is 255 Å². The third-order valence-corrected chi connectivity index (χ3v) is 12.1. The van der Waals surface area contributed by atoms with E-state index in [2.05, 4.69) is 291 Å². The molecule has 0 heteroatoms. The van der Waals surface area contributed by atoms with Crippen molar-refractivity contribution in [3.05, 3.63) is 310 Å². The minimum absolute atomic E-state index is 1.15. The molecule has 0 N–H and O–H groups in total. The van der Waals surface area contributed by atoms with Gasteiger partial charge in [0.25, 0.3) is 0 Å². The molecule has 0 atom stereocenters. The molecule has 0 radical (unpaired) electrons. The van der Waals surface area contributed by atoms with E-state index in [1.165, 1.54) is 77.6 Å². The Morgan fingerprint density at radius 3 is 0.879 bits per heavy atom. The Labute approximate surface area is 389 Å². The third kappa shape index (κ3) is 9.95. The quantitative estimate of drug-likeness (QED) is 0.108. The van der Waals surface area contributed by atoms with Gasteiger partial charge >= 0.3 is 0 Å². The zero-order chi connectivity index (χ0) is 44.3. The van der Waals surface area contributed by atoms with Gasteiger partial charge in [0.15, 0.2) is 0 Å². The average Bonchev–Trinajstić information content (AvgIpc) is 3.40. The van der Waals surface area contributed by atoms with E-state index in [0.29, 0.717) is 0 Å². The molecule has 0 saturated carbocycles. The molecule has 10 rings (SSSR count). The molecule has 312 valence electrons. The van der Waals surface area contributed by atoms with Crippen LogP contribution in [0.5, 0.6) is 0 Å². The van der Waals surface area contributed by atoms with Gasteiger partial charge in [-0.05, 0) is 124 Å². The van der Waals surface area contributed by atoms with E-state index in [1.54, 1.807) is 0 Å². The van der Waals surface area contributed by atoms with E-state index in [4.69, 9.17) is 0 Å². The van der Waals surface area contributed by atoms with Crippen molar-refractivity contribution < 1.29 is 0 Å². The Balaban J connectivity index is 0.894. The fourth-order valence-electron chi connectivity index (χ4n) is 8.52. The second-order valence-electron chi connectivity index (χ2n) is 16.6. The minimum atomic E-state index is 1.15. The number of fused-ring (bicyclic) bond motifs is 1. The van der Waals surface area contributed by atoms with Gasteiger partial charge in [-0.3, -0.25) is 0 Å². The Bertz CT molecular complexity index is 3070. The lowest BCUT2D eigenvalue weighted by molar-refractivity contribution is 1.54. The van der Waals surface area contributed by atoms with Crippen molar-refractivity contribution in [1.29, 1.82) is 0 Å². The fourth-order valence-corrected chi connectivity index (χ4v) is 8.52. The van der Waals surface area contributed by atoms with Gasteiger partial charge in [-0.1, -0.05) is 267 Å². The van der Waals surface area contributed by atoms with Gasteiger partial charge in [0, 0.05) is 0 Å². The molecule has 0 heterocycles. The first-order valence-electron chi connectivity index (χ1n) is 22.6. The molecule has 0 saturated heterocycles. The Morgan fingerprint density at radius 1 is 0.227 bits per heavy atom. The minimum Gasteiger partial charge on any atom is -0.0622 e. The van der Waals surface area contributed by atoms with Crippen molar-refractivity contribution in [2.24, 2.45) is 0 Å². The van der Waals surface area contributed by atoms with Crippen molar-refractivity contribution in [1.82, 2.24) is 0 Å². The van der Waals surface area contributed by atoms with Gasteiger partial charge in [0.2, 0.25) is 0 Å². The van der Waals surface area contributed by atoms with Crippen molar-refractivity contribution in [2.75, 3.05) is 0 Å². The highest BCUT2D eigenvalue weighted by Crippen LogP contribution is 2.32. The molecule has 10 aromatic carbocycles. The summed E-state index contributed by atoms with van der Waals surface area (Å²) in [5, 5.41) is 2.44. The summed E-state index contributed by atoms with van der Waals surface area (Å²) in [4.78, 5) is 0. The summed E-state index contributed by atoms with van der Waals surface area (Å²) < 4.78 is 0. The summed E-state index contributed by atoms with van der Waals surface area (Å²) in [6, 6.07) is 91.1. The summed E-state index contributed by atoms with van der Waals surface area (Å²) in [5.74, 6) is 0. The number of benzene rings is 10. The van der Waals surface area contributed by atoms with Crippen molar-refractivity contribution in [3.63, 3.8) is 0 Å². The van der Waals surface area contributed by atoms with Crippen LogP contribution in [0.1, 0.15) is 55.6 Å². The molecule has 66 heavy (non-hydrogen) atoms. The lowest BCUT2D eigenvalue weighted by atomic mass is 9.93. The van der Waals surface area contributed by atoms with E-state index >= 15 is 0 Å². The monoisotopic (exact) mass is 840 g/mol. The molecular formula is C66H48. The maximum Gasteiger partial charge on any atom is -0.0105 e. The van der Waals surface area contributed by atoms with Crippen LogP contribution >= 0.6 is 0 Å². The first kappa shape index (κ1) is 41.4. The number of hydrogen-bond acceptors (Lipinski definition) is 0. The predicted octanol–water partition coefficient (Wildman–Crippen LogP) is 17.7. The van der Waals surface area contributed by atoms with Gasteiger partial charge in [-0.2, -0.15) is 0 Å². The molecule has 0 aliphatic carbocycles. The summed E-state index contributed by atoms with van der Waals surface area (Å²) in [5.41, 5.74) is 19.0.